The van der Waals surface area contributed by atoms with Crippen molar-refractivity contribution in [1.82, 2.24) is 9.55 Å². The third kappa shape index (κ3) is 5.38. The molecule has 2 aromatic heterocycles. The van der Waals surface area contributed by atoms with Crippen LogP contribution in [-0.2, 0) is 21.0 Å². The maximum absolute atomic E-state index is 13.1. The number of carbonyl (C=O) groups excluding carboxylic acids is 1. The molecule has 0 aliphatic rings. The van der Waals surface area contributed by atoms with E-state index in [1.165, 1.54) is 19.1 Å². The number of halogens is 3. The normalized spacial score (nSPS) is 12.0. The van der Waals surface area contributed by atoms with Crippen LogP contribution in [0.2, 0.25) is 0 Å². The molecule has 0 aliphatic heterocycles. The number of aromatic nitrogens is 2. The van der Waals surface area contributed by atoms with Crippen molar-refractivity contribution in [2.45, 2.75) is 24.2 Å². The number of alkyl halides is 3. The van der Waals surface area contributed by atoms with Gasteiger partial charge in [0, 0.05) is 24.2 Å². The van der Waals surface area contributed by atoms with Gasteiger partial charge < -0.3 is 9.88 Å². The molecular formula is C27H21F3N4O3S2. The number of amides is 1. The Hall–Kier alpha value is -4.16. The van der Waals surface area contributed by atoms with Gasteiger partial charge in [-0.2, -0.15) is 13.2 Å². The van der Waals surface area contributed by atoms with Crippen LogP contribution in [0, 0.1) is 6.92 Å². The number of carbonyl (C=O) groups is 1. The second kappa shape index (κ2) is 9.86. The van der Waals surface area contributed by atoms with E-state index >= 15 is 0 Å². The molecule has 200 valence electrons. The molecule has 0 saturated heterocycles. The van der Waals surface area contributed by atoms with E-state index in [4.69, 9.17) is 0 Å². The van der Waals surface area contributed by atoms with Gasteiger partial charge in [-0.05, 0) is 60.5 Å². The van der Waals surface area contributed by atoms with Gasteiger partial charge in [-0.15, -0.1) is 0 Å². The number of nitrogens with one attached hydrogen (secondary N) is 2. The van der Waals surface area contributed by atoms with E-state index in [1.807, 2.05) is 41.1 Å². The fourth-order valence-corrected chi connectivity index (χ4v) is 6.75. The molecular weight excluding hydrogens is 549 g/mol. The first kappa shape index (κ1) is 26.4. The molecule has 0 atom stereocenters. The number of hydrogen-bond acceptors (Lipinski definition) is 5. The van der Waals surface area contributed by atoms with Gasteiger partial charge in [0.1, 0.15) is 0 Å². The van der Waals surface area contributed by atoms with Crippen molar-refractivity contribution in [3.05, 3.63) is 90.3 Å². The van der Waals surface area contributed by atoms with Crippen molar-refractivity contribution in [3.63, 3.8) is 0 Å². The third-order valence-corrected chi connectivity index (χ3v) is 8.98. The molecule has 5 aromatic rings. The van der Waals surface area contributed by atoms with Crippen LogP contribution in [0.5, 0.6) is 0 Å². The van der Waals surface area contributed by atoms with Crippen molar-refractivity contribution >= 4 is 49.0 Å². The van der Waals surface area contributed by atoms with Crippen molar-refractivity contribution in [1.29, 1.82) is 0 Å². The monoisotopic (exact) mass is 570 g/mol. The summed E-state index contributed by atoms with van der Waals surface area (Å²) in [4.78, 5) is 15.4. The smallest absolute Gasteiger partial charge is 0.316 e. The highest BCUT2D eigenvalue weighted by molar-refractivity contribution is 7.94. The zero-order valence-corrected chi connectivity index (χ0v) is 22.2. The Kier molecular flexibility index (Phi) is 6.69. The standard InChI is InChI=1S/C27H21F3N4O3S2/c1-16-25(38-26(31-16)32-17(2)35)39(36,37)33-20-5-3-6-21(15-20)34-14-13-23-22(7-4-8-24(23)34)18-9-11-19(12-10-18)27(28,29)30/h3-15,33H,1-2H3,(H,31,32,35). The molecule has 1 amide bonds. The van der Waals surface area contributed by atoms with E-state index in [1.54, 1.807) is 25.1 Å². The van der Waals surface area contributed by atoms with E-state index in [0.29, 0.717) is 16.9 Å². The van der Waals surface area contributed by atoms with Crippen molar-refractivity contribution in [3.8, 4) is 16.8 Å². The summed E-state index contributed by atoms with van der Waals surface area (Å²) in [7, 11) is -3.98. The van der Waals surface area contributed by atoms with Crippen LogP contribution in [0.15, 0.2) is 83.2 Å². The lowest BCUT2D eigenvalue weighted by Crippen LogP contribution is -2.13. The predicted molar refractivity (Wildman–Crippen MR) is 146 cm³/mol. The summed E-state index contributed by atoms with van der Waals surface area (Å²) in [6, 6.07) is 19.2. The molecule has 0 fully saturated rings. The second-order valence-corrected chi connectivity index (χ2v) is 11.6. The first-order chi connectivity index (χ1) is 18.4. The molecule has 2 heterocycles. The lowest BCUT2D eigenvalue weighted by Gasteiger charge is -2.11. The van der Waals surface area contributed by atoms with Crippen molar-refractivity contribution in [2.75, 3.05) is 10.0 Å². The molecule has 12 heteroatoms. The first-order valence-corrected chi connectivity index (χ1v) is 13.9. The number of benzene rings is 3. The van der Waals surface area contributed by atoms with Gasteiger partial charge in [0.25, 0.3) is 10.0 Å². The Labute approximate surface area is 226 Å². The summed E-state index contributed by atoms with van der Waals surface area (Å²) in [6.07, 6.45) is -2.59. The third-order valence-electron chi connectivity index (χ3n) is 5.91. The summed E-state index contributed by atoms with van der Waals surface area (Å²) < 4.78 is 69.6. The Balaban J connectivity index is 1.46. The lowest BCUT2D eigenvalue weighted by atomic mass is 10.0. The number of anilines is 2. The quantitative estimate of drug-likeness (QED) is 0.234. The average Bonchev–Trinajstić information content (AvgIpc) is 3.47. The lowest BCUT2D eigenvalue weighted by molar-refractivity contribution is -0.137. The Morgan fingerprint density at radius 1 is 1.00 bits per heavy atom. The molecule has 0 radical (unpaired) electrons. The van der Waals surface area contributed by atoms with Crippen LogP contribution in [-0.4, -0.2) is 23.9 Å². The number of rotatable bonds is 6. The van der Waals surface area contributed by atoms with E-state index < -0.39 is 21.8 Å². The van der Waals surface area contributed by atoms with Crippen LogP contribution in [0.25, 0.3) is 27.7 Å². The van der Waals surface area contributed by atoms with Gasteiger partial charge in [-0.1, -0.05) is 41.7 Å². The van der Waals surface area contributed by atoms with Crippen molar-refractivity contribution in [2.24, 2.45) is 0 Å². The van der Waals surface area contributed by atoms with E-state index in [0.717, 1.165) is 39.9 Å². The first-order valence-electron chi connectivity index (χ1n) is 11.6. The van der Waals surface area contributed by atoms with Crippen LogP contribution in [0.4, 0.5) is 24.0 Å². The second-order valence-electron chi connectivity index (χ2n) is 8.73. The van der Waals surface area contributed by atoms with Crippen LogP contribution < -0.4 is 10.0 Å². The summed E-state index contributed by atoms with van der Waals surface area (Å²) in [5.74, 6) is -0.353. The summed E-state index contributed by atoms with van der Waals surface area (Å²) in [5, 5.41) is 3.51. The van der Waals surface area contributed by atoms with Crippen molar-refractivity contribution < 1.29 is 26.4 Å². The Morgan fingerprint density at radius 3 is 2.41 bits per heavy atom. The predicted octanol–water partition coefficient (Wildman–Crippen LogP) is 6.84. The SMILES string of the molecule is CC(=O)Nc1nc(C)c(S(=O)(=O)Nc2cccc(-n3ccc4c(-c5ccc(C(F)(F)F)cc5)cccc43)c2)s1. The zero-order valence-electron chi connectivity index (χ0n) is 20.6. The van der Waals surface area contributed by atoms with Gasteiger partial charge in [0.2, 0.25) is 5.91 Å². The molecule has 0 saturated carbocycles. The number of fused-ring (bicyclic) bond motifs is 1. The Bertz CT molecular complexity index is 1810. The summed E-state index contributed by atoms with van der Waals surface area (Å²) >= 11 is 0.858. The number of nitrogens with zero attached hydrogens (tertiary/aromatic N) is 2. The zero-order chi connectivity index (χ0) is 27.9. The highest BCUT2D eigenvalue weighted by Crippen LogP contribution is 2.35. The molecule has 39 heavy (non-hydrogen) atoms. The number of thiazole rings is 1. The maximum atomic E-state index is 13.1. The minimum Gasteiger partial charge on any atom is -0.316 e. The minimum atomic E-state index is -4.41. The molecule has 0 aliphatic carbocycles. The van der Waals surface area contributed by atoms with Crippen LogP contribution in [0.3, 0.4) is 0 Å². The largest absolute Gasteiger partial charge is 0.416 e. The van der Waals surface area contributed by atoms with Gasteiger partial charge in [-0.25, -0.2) is 13.4 Å². The van der Waals surface area contributed by atoms with Gasteiger partial charge in [0.05, 0.1) is 22.5 Å². The Morgan fingerprint density at radius 2 is 1.72 bits per heavy atom. The highest BCUT2D eigenvalue weighted by Gasteiger charge is 2.30. The fourth-order valence-electron chi connectivity index (χ4n) is 4.24. The average molecular weight is 571 g/mol. The molecule has 0 bridgehead atoms. The maximum Gasteiger partial charge on any atom is 0.416 e. The molecule has 0 spiro atoms. The minimum absolute atomic E-state index is 0.00995. The van der Waals surface area contributed by atoms with Gasteiger partial charge in [0.15, 0.2) is 9.34 Å². The van der Waals surface area contributed by atoms with Gasteiger partial charge in [-0.3, -0.25) is 9.52 Å². The molecule has 7 nitrogen and oxygen atoms in total. The number of aryl methyl sites for hydroxylation is 1. The van der Waals surface area contributed by atoms with E-state index in [9.17, 15) is 26.4 Å². The fraction of sp³-hybridized carbons (Fsp3) is 0.111. The van der Waals surface area contributed by atoms with E-state index in [2.05, 4.69) is 15.0 Å². The summed E-state index contributed by atoms with van der Waals surface area (Å²) in [6.45, 7) is 2.86. The highest BCUT2D eigenvalue weighted by atomic mass is 32.2. The molecule has 0 unspecified atom stereocenters. The van der Waals surface area contributed by atoms with Crippen LogP contribution in [0.1, 0.15) is 18.2 Å². The van der Waals surface area contributed by atoms with E-state index in [-0.39, 0.29) is 20.9 Å². The van der Waals surface area contributed by atoms with Gasteiger partial charge >= 0.3 is 6.18 Å². The number of hydrogen-bond donors (Lipinski definition) is 2. The molecule has 5 rings (SSSR count). The van der Waals surface area contributed by atoms with Crippen LogP contribution >= 0.6 is 11.3 Å². The number of sulfonamides is 1. The topological polar surface area (TPSA) is 93.1 Å². The molecule has 2 N–H and O–H groups in total. The summed E-state index contributed by atoms with van der Waals surface area (Å²) in [5.41, 5.74) is 2.76. The molecule has 3 aromatic carbocycles.